The maximum atomic E-state index is 13.2. The Bertz CT molecular complexity index is 1370. The second-order valence-corrected chi connectivity index (χ2v) is 11.1. The van der Waals surface area contributed by atoms with E-state index in [4.69, 9.17) is 15.9 Å². The average Bonchev–Trinajstić information content (AvgIpc) is 3.57. The van der Waals surface area contributed by atoms with Gasteiger partial charge < -0.3 is 26.0 Å². The topological polar surface area (TPSA) is 138 Å². The van der Waals surface area contributed by atoms with Crippen molar-refractivity contribution in [3.8, 4) is 11.5 Å². The summed E-state index contributed by atoms with van der Waals surface area (Å²) in [5.74, 6) is 0.445. The Labute approximate surface area is 230 Å². The van der Waals surface area contributed by atoms with Crippen molar-refractivity contribution in [2.45, 2.75) is 38.3 Å². The number of nitrogens with one attached hydrogen (secondary N) is 3. The van der Waals surface area contributed by atoms with E-state index in [1.54, 1.807) is 40.6 Å². The van der Waals surface area contributed by atoms with Crippen LogP contribution in [0.15, 0.2) is 66.0 Å². The van der Waals surface area contributed by atoms with E-state index in [0.29, 0.717) is 42.1 Å². The fourth-order valence-corrected chi connectivity index (χ4v) is 5.98. The number of nitrogens with two attached hydrogens (primary N) is 1. The lowest BCUT2D eigenvalue weighted by Gasteiger charge is -2.37. The van der Waals surface area contributed by atoms with Crippen LogP contribution < -0.4 is 21.1 Å². The van der Waals surface area contributed by atoms with E-state index in [1.807, 2.05) is 30.3 Å². The number of nitrogens with zero attached hydrogens (tertiary/aromatic N) is 1. The van der Waals surface area contributed by atoms with Crippen LogP contribution in [0.2, 0.25) is 0 Å². The van der Waals surface area contributed by atoms with E-state index < -0.39 is 6.04 Å². The molecule has 3 amide bonds. The minimum Gasteiger partial charge on any atom is -0.457 e. The number of para-hydroxylation sites is 1. The van der Waals surface area contributed by atoms with Crippen molar-refractivity contribution in [3.05, 3.63) is 82.0 Å². The molecule has 10 heteroatoms. The molecule has 1 spiro atoms. The maximum absolute atomic E-state index is 13.2. The Kier molecular flexibility index (Phi) is 7.65. The first kappa shape index (κ1) is 26.4. The largest absolute Gasteiger partial charge is 0.457 e. The summed E-state index contributed by atoms with van der Waals surface area (Å²) in [7, 11) is 0. The van der Waals surface area contributed by atoms with Crippen LogP contribution >= 0.6 is 11.3 Å². The van der Waals surface area contributed by atoms with Gasteiger partial charge in [0.25, 0.3) is 5.91 Å². The smallest absolute Gasteiger partial charge is 0.251 e. The number of rotatable bonds is 9. The van der Waals surface area contributed by atoms with E-state index in [-0.39, 0.29) is 35.5 Å². The third-order valence-electron chi connectivity index (χ3n) is 7.44. The van der Waals surface area contributed by atoms with Gasteiger partial charge in [0.2, 0.25) is 11.8 Å². The van der Waals surface area contributed by atoms with Crippen LogP contribution in [0, 0.1) is 10.8 Å². The molecule has 9 nitrogen and oxygen atoms in total. The van der Waals surface area contributed by atoms with Gasteiger partial charge in [-0.15, -0.1) is 11.3 Å². The number of amides is 3. The van der Waals surface area contributed by atoms with Crippen LogP contribution in [0.1, 0.15) is 46.5 Å². The molecule has 2 aromatic carbocycles. The van der Waals surface area contributed by atoms with Gasteiger partial charge in [0.15, 0.2) is 0 Å². The quantitative estimate of drug-likeness (QED) is 0.240. The summed E-state index contributed by atoms with van der Waals surface area (Å²) in [6, 6.07) is 17.3. The third-order valence-corrected chi connectivity index (χ3v) is 8.38. The Morgan fingerprint density at radius 1 is 1.03 bits per heavy atom. The first-order chi connectivity index (χ1) is 18.8. The Balaban J connectivity index is 1.16. The van der Waals surface area contributed by atoms with E-state index in [2.05, 4.69) is 10.6 Å². The van der Waals surface area contributed by atoms with Gasteiger partial charge in [-0.05, 0) is 67.1 Å². The number of hydrogen-bond acceptors (Lipinski definition) is 6. The number of benzene rings is 2. The zero-order valence-electron chi connectivity index (χ0n) is 21.4. The van der Waals surface area contributed by atoms with Crippen molar-refractivity contribution in [1.82, 2.24) is 15.5 Å². The lowest BCUT2D eigenvalue weighted by molar-refractivity contribution is -0.137. The Morgan fingerprint density at radius 2 is 1.74 bits per heavy atom. The van der Waals surface area contributed by atoms with Gasteiger partial charge in [-0.25, -0.2) is 0 Å². The predicted octanol–water partition coefficient (Wildman–Crippen LogP) is 3.64. The lowest BCUT2D eigenvalue weighted by atomic mass is 9.67. The summed E-state index contributed by atoms with van der Waals surface area (Å²) in [6.07, 6.45) is 3.72. The van der Waals surface area contributed by atoms with Gasteiger partial charge >= 0.3 is 0 Å². The molecule has 1 saturated heterocycles. The molecular weight excluding hydrogens is 514 g/mol. The van der Waals surface area contributed by atoms with Crippen molar-refractivity contribution in [3.63, 3.8) is 0 Å². The molecule has 1 atom stereocenters. The molecule has 0 unspecified atom stereocenters. The van der Waals surface area contributed by atoms with E-state index in [9.17, 15) is 14.4 Å². The van der Waals surface area contributed by atoms with Gasteiger partial charge in [0.1, 0.15) is 23.4 Å². The van der Waals surface area contributed by atoms with E-state index >= 15 is 0 Å². The van der Waals surface area contributed by atoms with Crippen LogP contribution in [0.25, 0.3) is 0 Å². The van der Waals surface area contributed by atoms with Crippen molar-refractivity contribution < 1.29 is 19.1 Å². The molecular formula is C29H31N5O4S. The number of thiophene rings is 1. The first-order valence-corrected chi connectivity index (χ1v) is 13.8. The molecule has 5 N–H and O–H groups in total. The molecule has 5 rings (SSSR count). The Morgan fingerprint density at radius 3 is 2.38 bits per heavy atom. The molecule has 0 bridgehead atoms. The highest BCUT2D eigenvalue weighted by Gasteiger charge is 2.51. The normalized spacial score (nSPS) is 17.3. The van der Waals surface area contributed by atoms with Gasteiger partial charge in [-0.1, -0.05) is 24.6 Å². The summed E-state index contributed by atoms with van der Waals surface area (Å²) in [5.41, 5.74) is 6.56. The van der Waals surface area contributed by atoms with Crippen LogP contribution in [-0.2, 0) is 16.1 Å². The Hall–Kier alpha value is -4.18. The number of amidine groups is 1. The zero-order chi connectivity index (χ0) is 27.4. The van der Waals surface area contributed by atoms with Crippen molar-refractivity contribution in [1.29, 1.82) is 5.41 Å². The molecule has 1 saturated carbocycles. The van der Waals surface area contributed by atoms with E-state index in [0.717, 1.165) is 24.1 Å². The number of carbonyl (C=O) groups is 3. The number of likely N-dealkylation sites (tertiary alicyclic amines) is 1. The molecule has 1 aliphatic heterocycles. The molecule has 0 radical (unpaired) electrons. The molecule has 2 heterocycles. The summed E-state index contributed by atoms with van der Waals surface area (Å²) in [4.78, 5) is 41.6. The van der Waals surface area contributed by atoms with Gasteiger partial charge in [0, 0.05) is 27.9 Å². The number of ether oxygens (including phenoxy) is 1. The summed E-state index contributed by atoms with van der Waals surface area (Å²) in [5, 5.41) is 15.0. The SMILES string of the molecule is N=C(N)c1csc(CNC(=O)[C@@H]2CC3(CCC3)CN2C(=O)CNC(=O)c2ccc(Oc3ccccc3)cc2)c1. The molecule has 2 aliphatic rings. The van der Waals surface area contributed by atoms with Crippen LogP contribution in [-0.4, -0.2) is 47.6 Å². The highest BCUT2D eigenvalue weighted by atomic mass is 32.1. The molecule has 2 fully saturated rings. The number of nitrogen functional groups attached to an aromatic ring is 1. The molecule has 1 aromatic heterocycles. The van der Waals surface area contributed by atoms with Crippen LogP contribution in [0.3, 0.4) is 0 Å². The minimum atomic E-state index is -0.573. The molecule has 202 valence electrons. The monoisotopic (exact) mass is 545 g/mol. The second kappa shape index (κ2) is 11.3. The highest BCUT2D eigenvalue weighted by Crippen LogP contribution is 2.50. The van der Waals surface area contributed by atoms with Crippen LogP contribution in [0.4, 0.5) is 0 Å². The summed E-state index contributed by atoms with van der Waals surface area (Å²) < 4.78 is 5.76. The standard InChI is InChI=1S/C29H31N5O4S/c30-26(31)20-13-23(39-17-20)15-32-28(37)24-14-29(11-4-12-29)18-34(24)25(35)16-33-27(36)19-7-9-22(10-8-19)38-21-5-2-1-3-6-21/h1-3,5-10,13,17,24H,4,11-12,14-16,18H2,(H3,30,31)(H,32,37)(H,33,36)/t24-/m0/s1. The minimum absolute atomic E-state index is 0.0122. The third kappa shape index (κ3) is 6.12. The zero-order valence-corrected chi connectivity index (χ0v) is 22.3. The van der Waals surface area contributed by atoms with Crippen LogP contribution in [0.5, 0.6) is 11.5 Å². The highest BCUT2D eigenvalue weighted by molar-refractivity contribution is 7.10. The van der Waals surface area contributed by atoms with Gasteiger partial charge in [-0.2, -0.15) is 0 Å². The number of carbonyl (C=O) groups excluding carboxylic acids is 3. The van der Waals surface area contributed by atoms with Gasteiger partial charge in [0.05, 0.1) is 13.1 Å². The lowest BCUT2D eigenvalue weighted by Crippen LogP contribution is -2.49. The second-order valence-electron chi connectivity index (χ2n) is 10.2. The fourth-order valence-electron chi connectivity index (χ4n) is 5.16. The molecule has 3 aromatic rings. The average molecular weight is 546 g/mol. The first-order valence-electron chi connectivity index (χ1n) is 12.9. The molecule has 1 aliphatic carbocycles. The maximum Gasteiger partial charge on any atom is 0.251 e. The molecule has 39 heavy (non-hydrogen) atoms. The van der Waals surface area contributed by atoms with Crippen molar-refractivity contribution >= 4 is 34.9 Å². The number of hydrogen-bond donors (Lipinski definition) is 4. The predicted molar refractivity (Wildman–Crippen MR) is 149 cm³/mol. The van der Waals surface area contributed by atoms with Crippen molar-refractivity contribution in [2.75, 3.05) is 13.1 Å². The van der Waals surface area contributed by atoms with Crippen molar-refractivity contribution in [2.24, 2.45) is 11.1 Å². The van der Waals surface area contributed by atoms with E-state index in [1.165, 1.54) is 11.3 Å². The fraction of sp³-hybridized carbons (Fsp3) is 0.310. The van der Waals surface area contributed by atoms with Gasteiger partial charge in [-0.3, -0.25) is 19.8 Å². The summed E-state index contributed by atoms with van der Waals surface area (Å²) in [6.45, 7) is 0.648. The summed E-state index contributed by atoms with van der Waals surface area (Å²) >= 11 is 1.42.